The highest BCUT2D eigenvalue weighted by atomic mass is 79.9. The third kappa shape index (κ3) is 7.19. The summed E-state index contributed by atoms with van der Waals surface area (Å²) >= 11 is 9.51. The molecule has 1 saturated heterocycles. The van der Waals surface area contributed by atoms with Gasteiger partial charge in [-0.1, -0.05) is 31.5 Å². The number of hydrogen-bond donors (Lipinski definition) is 2. The highest BCUT2D eigenvalue weighted by Crippen LogP contribution is 2.29. The van der Waals surface area contributed by atoms with Crippen molar-refractivity contribution in [2.75, 3.05) is 13.1 Å². The van der Waals surface area contributed by atoms with Gasteiger partial charge in [-0.3, -0.25) is 4.79 Å². The molecule has 3 N–H and O–H groups in total. The third-order valence-corrected chi connectivity index (χ3v) is 8.01. The van der Waals surface area contributed by atoms with E-state index in [0.717, 1.165) is 16.8 Å². The van der Waals surface area contributed by atoms with Gasteiger partial charge in [0.05, 0.1) is 21.6 Å². The SMILES string of the molecule is CC.Cc1cn(-c2ccc(Cc3nc4cc(Br)c(Cl)cc4c(=O)[nH]3)cn2)nc1C1CN(C(=O)OC(C)(C)C)CCC1N. The standard InChI is InChI=1S/C28H31BrClN7O3.C2H6/c1-15-13-37(35-25(15)18-14-36(8-7-21(18)31)27(39)40-28(2,3)4)24-6-5-16(12-32-24)9-23-33-22-11-19(29)20(30)10-17(22)26(38)34-23;1-2/h5-6,10-13,18,21H,7-9,14,31H2,1-4H3,(H,33,34,38);1-2H3. The third-order valence-electron chi connectivity index (χ3n) is 6.82. The molecule has 5 rings (SSSR count). The number of ether oxygens (including phenoxy) is 1. The zero-order chi connectivity index (χ0) is 30.8. The fourth-order valence-electron chi connectivity index (χ4n) is 4.83. The Morgan fingerprint density at radius 3 is 2.67 bits per heavy atom. The molecule has 0 spiro atoms. The number of H-pyrrole nitrogens is 1. The number of nitrogens with zero attached hydrogens (tertiary/aromatic N) is 5. The number of nitrogens with one attached hydrogen (secondary N) is 1. The molecular weight excluding hydrogens is 622 g/mol. The van der Waals surface area contributed by atoms with E-state index in [4.69, 9.17) is 27.2 Å². The maximum absolute atomic E-state index is 12.7. The van der Waals surface area contributed by atoms with Gasteiger partial charge in [-0.25, -0.2) is 19.4 Å². The van der Waals surface area contributed by atoms with Crippen LogP contribution in [0.1, 0.15) is 69.6 Å². The van der Waals surface area contributed by atoms with E-state index in [9.17, 15) is 9.59 Å². The van der Waals surface area contributed by atoms with Gasteiger partial charge in [0.2, 0.25) is 0 Å². The summed E-state index contributed by atoms with van der Waals surface area (Å²) in [4.78, 5) is 39.0. The van der Waals surface area contributed by atoms with Crippen molar-refractivity contribution in [2.24, 2.45) is 5.73 Å². The Morgan fingerprint density at radius 2 is 2.00 bits per heavy atom. The summed E-state index contributed by atoms with van der Waals surface area (Å²) in [6, 6.07) is 7.01. The van der Waals surface area contributed by atoms with E-state index < -0.39 is 5.60 Å². The average molecular weight is 659 g/mol. The number of aromatic amines is 1. The first-order chi connectivity index (χ1) is 19.9. The largest absolute Gasteiger partial charge is 0.444 e. The van der Waals surface area contributed by atoms with E-state index in [1.54, 1.807) is 27.9 Å². The molecule has 3 aromatic heterocycles. The number of pyridine rings is 1. The fourth-order valence-corrected chi connectivity index (χ4v) is 5.32. The minimum absolute atomic E-state index is 0.118. The van der Waals surface area contributed by atoms with Crippen molar-refractivity contribution in [3.63, 3.8) is 0 Å². The second-order valence-electron chi connectivity index (χ2n) is 11.1. The van der Waals surface area contributed by atoms with Crippen molar-refractivity contribution >= 4 is 44.5 Å². The quantitative estimate of drug-likeness (QED) is 0.279. The first kappa shape index (κ1) is 31.7. The van der Waals surface area contributed by atoms with Crippen LogP contribution in [-0.4, -0.2) is 60.5 Å². The lowest BCUT2D eigenvalue weighted by Crippen LogP contribution is -2.49. The van der Waals surface area contributed by atoms with Gasteiger partial charge in [-0.05, 0) is 79.4 Å². The van der Waals surface area contributed by atoms with E-state index in [2.05, 4.69) is 30.9 Å². The van der Waals surface area contributed by atoms with Crippen molar-refractivity contribution in [2.45, 2.75) is 71.9 Å². The number of rotatable bonds is 4. The van der Waals surface area contributed by atoms with Crippen molar-refractivity contribution in [3.05, 3.63) is 79.2 Å². The van der Waals surface area contributed by atoms with Crippen LogP contribution < -0.4 is 11.3 Å². The molecule has 224 valence electrons. The number of carbonyl (C=O) groups excluding carboxylic acids is 1. The molecule has 0 saturated carbocycles. The average Bonchev–Trinajstić information content (AvgIpc) is 3.32. The number of fused-ring (bicyclic) bond motifs is 1. The van der Waals surface area contributed by atoms with E-state index in [1.807, 2.05) is 59.9 Å². The molecule has 1 fully saturated rings. The molecule has 1 aliphatic rings. The lowest BCUT2D eigenvalue weighted by atomic mass is 9.89. The highest BCUT2D eigenvalue weighted by Gasteiger charge is 2.35. The van der Waals surface area contributed by atoms with Crippen LogP contribution in [0.25, 0.3) is 16.7 Å². The second-order valence-corrected chi connectivity index (χ2v) is 12.4. The van der Waals surface area contributed by atoms with Crippen LogP contribution >= 0.6 is 27.5 Å². The van der Waals surface area contributed by atoms with Crippen LogP contribution in [0.2, 0.25) is 5.02 Å². The van der Waals surface area contributed by atoms with Crippen molar-refractivity contribution in [3.8, 4) is 5.82 Å². The van der Waals surface area contributed by atoms with Crippen molar-refractivity contribution in [1.29, 1.82) is 0 Å². The molecule has 12 heteroatoms. The Balaban J connectivity index is 0.00000198. The zero-order valence-electron chi connectivity index (χ0n) is 24.7. The first-order valence-electron chi connectivity index (χ1n) is 14.0. The van der Waals surface area contributed by atoms with Gasteiger partial charge >= 0.3 is 6.09 Å². The normalized spacial score (nSPS) is 17.1. The summed E-state index contributed by atoms with van der Waals surface area (Å²) in [5, 5.41) is 5.70. The summed E-state index contributed by atoms with van der Waals surface area (Å²) in [7, 11) is 0. The Bertz CT molecular complexity index is 1630. The molecule has 1 aromatic carbocycles. The molecule has 2 unspecified atom stereocenters. The molecule has 0 aliphatic carbocycles. The molecule has 4 heterocycles. The number of nitrogens with two attached hydrogens (primary N) is 1. The van der Waals surface area contributed by atoms with Crippen molar-refractivity contribution in [1.82, 2.24) is 29.6 Å². The summed E-state index contributed by atoms with van der Waals surface area (Å²) < 4.78 is 7.98. The van der Waals surface area contributed by atoms with Crippen LogP contribution in [-0.2, 0) is 11.2 Å². The van der Waals surface area contributed by atoms with Gasteiger partial charge in [0.1, 0.15) is 11.4 Å². The van der Waals surface area contributed by atoms with Crippen LogP contribution in [0.3, 0.4) is 0 Å². The van der Waals surface area contributed by atoms with Crippen molar-refractivity contribution < 1.29 is 9.53 Å². The minimum Gasteiger partial charge on any atom is -0.444 e. The number of benzene rings is 1. The van der Waals surface area contributed by atoms with Crippen LogP contribution in [0.5, 0.6) is 0 Å². The van der Waals surface area contributed by atoms with Gasteiger partial charge < -0.3 is 20.4 Å². The number of carbonyl (C=O) groups is 1. The lowest BCUT2D eigenvalue weighted by molar-refractivity contribution is 0.0184. The lowest BCUT2D eigenvalue weighted by Gasteiger charge is -2.37. The number of aromatic nitrogens is 5. The van der Waals surface area contributed by atoms with Gasteiger partial charge in [0.15, 0.2) is 5.82 Å². The molecule has 0 radical (unpaired) electrons. The molecule has 42 heavy (non-hydrogen) atoms. The first-order valence-corrected chi connectivity index (χ1v) is 15.2. The smallest absolute Gasteiger partial charge is 0.410 e. The number of halogens is 2. The predicted molar refractivity (Wildman–Crippen MR) is 168 cm³/mol. The van der Waals surface area contributed by atoms with Crippen LogP contribution in [0, 0.1) is 6.92 Å². The maximum atomic E-state index is 12.7. The number of piperidine rings is 1. The molecule has 4 aromatic rings. The Kier molecular flexibility index (Phi) is 9.74. The summed E-state index contributed by atoms with van der Waals surface area (Å²) in [6.45, 7) is 12.6. The van der Waals surface area contributed by atoms with E-state index in [0.29, 0.717) is 58.0 Å². The number of amides is 1. The minimum atomic E-state index is -0.563. The predicted octanol–water partition coefficient (Wildman–Crippen LogP) is 5.90. The number of aryl methyl sites for hydroxylation is 1. The monoisotopic (exact) mass is 657 g/mol. The molecule has 1 amide bonds. The number of likely N-dealkylation sites (tertiary alicyclic amines) is 1. The topological polar surface area (TPSA) is 132 Å². The molecule has 0 bridgehead atoms. The van der Waals surface area contributed by atoms with Gasteiger partial charge in [-0.15, -0.1) is 0 Å². The van der Waals surface area contributed by atoms with E-state index in [-0.39, 0.29) is 23.6 Å². The van der Waals surface area contributed by atoms with Gasteiger partial charge in [0.25, 0.3) is 5.56 Å². The summed E-state index contributed by atoms with van der Waals surface area (Å²) in [5.41, 5.74) is 8.94. The molecule has 10 nitrogen and oxygen atoms in total. The summed E-state index contributed by atoms with van der Waals surface area (Å²) in [6.07, 6.45) is 4.39. The van der Waals surface area contributed by atoms with Crippen LogP contribution in [0.15, 0.2) is 45.9 Å². The number of hydrogen-bond acceptors (Lipinski definition) is 7. The Hall–Kier alpha value is -3.28. The zero-order valence-corrected chi connectivity index (χ0v) is 27.1. The Labute approximate surface area is 258 Å². The van der Waals surface area contributed by atoms with E-state index in [1.165, 1.54) is 0 Å². The van der Waals surface area contributed by atoms with E-state index >= 15 is 0 Å². The highest BCUT2D eigenvalue weighted by molar-refractivity contribution is 9.10. The summed E-state index contributed by atoms with van der Waals surface area (Å²) in [5.74, 6) is 1.05. The maximum Gasteiger partial charge on any atom is 0.410 e. The molecule has 1 aliphatic heterocycles. The fraction of sp³-hybridized carbons (Fsp3) is 0.433. The van der Waals surface area contributed by atoms with Gasteiger partial charge in [-0.2, -0.15) is 5.10 Å². The second kappa shape index (κ2) is 12.9. The molecule has 2 atom stereocenters. The molecular formula is C30H37BrClN7O3. The Morgan fingerprint density at radius 1 is 1.26 bits per heavy atom. The van der Waals surface area contributed by atoms with Crippen LogP contribution in [0.4, 0.5) is 4.79 Å². The van der Waals surface area contributed by atoms with Gasteiger partial charge in [0, 0.05) is 48.3 Å².